The smallest absolute Gasteiger partial charge is 0.266 e. The monoisotopic (exact) mass is 495 g/mol. The van der Waals surface area contributed by atoms with Crippen molar-refractivity contribution < 1.29 is 0 Å². The van der Waals surface area contributed by atoms with Crippen molar-refractivity contribution in [3.63, 3.8) is 0 Å². The maximum absolute atomic E-state index is 13.2. The molecule has 0 spiro atoms. The van der Waals surface area contributed by atoms with Gasteiger partial charge in [0.05, 0.1) is 20.9 Å². The molecule has 170 valence electrons. The average Bonchev–Trinajstić information content (AvgIpc) is 3.56. The lowest BCUT2D eigenvalue weighted by Gasteiger charge is -2.01. The summed E-state index contributed by atoms with van der Waals surface area (Å²) in [5, 5.41) is 9.82. The van der Waals surface area contributed by atoms with E-state index in [1.54, 1.807) is 6.07 Å². The minimum atomic E-state index is -0.224. The van der Waals surface area contributed by atoms with E-state index in [1.165, 1.54) is 21.4 Å². The fourth-order valence-electron chi connectivity index (χ4n) is 3.87. The maximum Gasteiger partial charge on any atom is 0.291 e. The topological polar surface area (TPSA) is 65.1 Å². The van der Waals surface area contributed by atoms with Gasteiger partial charge >= 0.3 is 0 Å². The summed E-state index contributed by atoms with van der Waals surface area (Å²) >= 11 is 7.58. The van der Waals surface area contributed by atoms with Gasteiger partial charge in [-0.3, -0.25) is 4.79 Å². The predicted octanol–water partition coefficient (Wildman–Crippen LogP) is 5.18. The molecule has 0 fully saturated rings. The maximum atomic E-state index is 13.2. The lowest BCUT2D eigenvalue weighted by atomic mass is 10.1. The van der Waals surface area contributed by atoms with Crippen LogP contribution in [-0.2, 0) is 0 Å². The fraction of sp³-hybridized carbons (Fsp3) is 0.0370. The number of para-hydroxylation sites is 1. The quantitative estimate of drug-likeness (QED) is 0.338. The highest BCUT2D eigenvalue weighted by Crippen LogP contribution is 2.26. The molecule has 0 N–H and O–H groups in total. The van der Waals surface area contributed by atoms with Crippen LogP contribution in [0.2, 0.25) is 5.02 Å². The Morgan fingerprint density at radius 2 is 1.66 bits per heavy atom. The first kappa shape index (κ1) is 21.5. The zero-order valence-corrected chi connectivity index (χ0v) is 20.2. The Morgan fingerprint density at radius 3 is 2.40 bits per heavy atom. The van der Waals surface area contributed by atoms with E-state index in [0.29, 0.717) is 25.9 Å². The number of benzene rings is 3. The molecule has 35 heavy (non-hydrogen) atoms. The molecule has 3 heterocycles. The standard InChI is InChI=1S/C27H18ClN5OS/c1-17-11-13-18(14-12-17)24-19(16-32(30-24)20-7-3-2-4-8-20)15-23-26(34)33-27(35-23)29-25(31-33)21-9-5-6-10-22(21)28/h2-16H,1H3. The molecule has 8 heteroatoms. The van der Waals surface area contributed by atoms with Crippen molar-refractivity contribution in [1.29, 1.82) is 0 Å². The van der Waals surface area contributed by atoms with E-state index in [-0.39, 0.29) is 5.56 Å². The first-order valence-electron chi connectivity index (χ1n) is 11.0. The van der Waals surface area contributed by atoms with E-state index in [1.807, 2.05) is 77.6 Å². The SMILES string of the molecule is Cc1ccc(-c2nn(-c3ccccc3)cc2C=c2sc3nc(-c4ccccc4Cl)nn3c2=O)cc1. The predicted molar refractivity (Wildman–Crippen MR) is 140 cm³/mol. The second-order valence-electron chi connectivity index (χ2n) is 8.10. The number of hydrogen-bond donors (Lipinski definition) is 0. The second-order valence-corrected chi connectivity index (χ2v) is 9.52. The summed E-state index contributed by atoms with van der Waals surface area (Å²) in [5.41, 5.74) is 5.19. The molecule has 0 aliphatic carbocycles. The number of aromatic nitrogens is 5. The molecular formula is C27H18ClN5OS. The van der Waals surface area contributed by atoms with E-state index in [2.05, 4.69) is 29.1 Å². The number of halogens is 1. The molecule has 0 unspecified atom stereocenters. The van der Waals surface area contributed by atoms with Gasteiger partial charge in [-0.2, -0.15) is 14.6 Å². The molecular weight excluding hydrogens is 478 g/mol. The average molecular weight is 496 g/mol. The van der Waals surface area contributed by atoms with Crippen LogP contribution in [0, 0.1) is 6.92 Å². The number of rotatable bonds is 4. The van der Waals surface area contributed by atoms with E-state index in [4.69, 9.17) is 16.7 Å². The minimum Gasteiger partial charge on any atom is -0.266 e. The summed E-state index contributed by atoms with van der Waals surface area (Å²) < 4.78 is 3.70. The molecule has 0 saturated heterocycles. The number of fused-ring (bicyclic) bond motifs is 1. The highest BCUT2D eigenvalue weighted by molar-refractivity contribution is 7.15. The van der Waals surface area contributed by atoms with Gasteiger partial charge in [-0.25, -0.2) is 4.68 Å². The van der Waals surface area contributed by atoms with Gasteiger partial charge in [0.1, 0.15) is 0 Å². The first-order valence-corrected chi connectivity index (χ1v) is 12.1. The van der Waals surface area contributed by atoms with Crippen LogP contribution in [0.5, 0.6) is 0 Å². The Kier molecular flexibility index (Phi) is 5.28. The van der Waals surface area contributed by atoms with Gasteiger partial charge in [-0.05, 0) is 37.3 Å². The van der Waals surface area contributed by atoms with Crippen LogP contribution >= 0.6 is 22.9 Å². The third kappa shape index (κ3) is 3.95. The summed E-state index contributed by atoms with van der Waals surface area (Å²) in [5.74, 6) is 0.433. The molecule has 6 nitrogen and oxygen atoms in total. The molecule has 6 rings (SSSR count). The second kappa shape index (κ2) is 8.61. The third-order valence-corrected chi connectivity index (χ3v) is 6.96. The number of thiazole rings is 1. The van der Waals surface area contributed by atoms with E-state index in [0.717, 1.165) is 22.5 Å². The van der Waals surface area contributed by atoms with Gasteiger partial charge in [0.25, 0.3) is 5.56 Å². The number of hydrogen-bond acceptors (Lipinski definition) is 5. The molecule has 3 aromatic carbocycles. The summed E-state index contributed by atoms with van der Waals surface area (Å²) in [7, 11) is 0. The van der Waals surface area contributed by atoms with Crippen molar-refractivity contribution in [2.75, 3.05) is 0 Å². The zero-order chi connectivity index (χ0) is 23.9. The molecule has 0 bridgehead atoms. The van der Waals surface area contributed by atoms with Crippen LogP contribution in [-0.4, -0.2) is 24.4 Å². The van der Waals surface area contributed by atoms with Gasteiger partial charge in [0.2, 0.25) is 4.96 Å². The van der Waals surface area contributed by atoms with Crippen molar-refractivity contribution in [3.05, 3.63) is 116 Å². The van der Waals surface area contributed by atoms with Crippen molar-refractivity contribution in [1.82, 2.24) is 24.4 Å². The molecule has 6 aromatic rings. The Labute approximate surface area is 209 Å². The molecule has 0 aliphatic heterocycles. The summed E-state index contributed by atoms with van der Waals surface area (Å²) in [6, 6.07) is 25.4. The van der Waals surface area contributed by atoms with Crippen LogP contribution in [0.3, 0.4) is 0 Å². The Bertz CT molecular complexity index is 1790. The van der Waals surface area contributed by atoms with Gasteiger partial charge < -0.3 is 0 Å². The number of aryl methyl sites for hydroxylation is 1. The molecule has 0 aliphatic rings. The fourth-order valence-corrected chi connectivity index (χ4v) is 4.99. The Balaban J connectivity index is 1.50. The van der Waals surface area contributed by atoms with Crippen LogP contribution < -0.4 is 10.1 Å². The lowest BCUT2D eigenvalue weighted by Crippen LogP contribution is -2.23. The first-order chi connectivity index (χ1) is 17.1. The van der Waals surface area contributed by atoms with E-state index < -0.39 is 0 Å². The third-order valence-electron chi connectivity index (χ3n) is 5.67. The largest absolute Gasteiger partial charge is 0.291 e. The molecule has 0 radical (unpaired) electrons. The Hall–Kier alpha value is -4.07. The highest BCUT2D eigenvalue weighted by atomic mass is 35.5. The van der Waals surface area contributed by atoms with Gasteiger partial charge in [0.15, 0.2) is 5.82 Å². The van der Waals surface area contributed by atoms with Crippen LogP contribution in [0.1, 0.15) is 11.1 Å². The van der Waals surface area contributed by atoms with Gasteiger partial charge in [-0.1, -0.05) is 83.1 Å². The van der Waals surface area contributed by atoms with Gasteiger partial charge in [-0.15, -0.1) is 5.10 Å². The van der Waals surface area contributed by atoms with E-state index in [9.17, 15) is 4.79 Å². The van der Waals surface area contributed by atoms with Crippen molar-refractivity contribution in [3.8, 4) is 28.3 Å². The molecule has 0 amide bonds. The molecule has 3 aromatic heterocycles. The van der Waals surface area contributed by atoms with Crippen molar-refractivity contribution in [2.24, 2.45) is 0 Å². The Morgan fingerprint density at radius 1 is 0.914 bits per heavy atom. The summed E-state index contributed by atoms with van der Waals surface area (Å²) in [6.45, 7) is 2.05. The zero-order valence-electron chi connectivity index (χ0n) is 18.6. The summed E-state index contributed by atoms with van der Waals surface area (Å²) in [4.78, 5) is 18.3. The highest BCUT2D eigenvalue weighted by Gasteiger charge is 2.16. The van der Waals surface area contributed by atoms with Crippen LogP contribution in [0.25, 0.3) is 39.4 Å². The van der Waals surface area contributed by atoms with Crippen LogP contribution in [0.4, 0.5) is 0 Å². The molecule has 0 atom stereocenters. The van der Waals surface area contributed by atoms with Crippen molar-refractivity contribution >= 4 is 34.0 Å². The van der Waals surface area contributed by atoms with Crippen molar-refractivity contribution in [2.45, 2.75) is 6.92 Å². The van der Waals surface area contributed by atoms with E-state index >= 15 is 0 Å². The lowest BCUT2D eigenvalue weighted by molar-refractivity contribution is 0.884. The number of nitrogens with zero attached hydrogens (tertiary/aromatic N) is 5. The normalized spacial score (nSPS) is 12.0. The molecule has 0 saturated carbocycles. The van der Waals surface area contributed by atoms with Crippen LogP contribution in [0.15, 0.2) is 89.9 Å². The van der Waals surface area contributed by atoms with Gasteiger partial charge in [0, 0.05) is 22.9 Å². The minimum absolute atomic E-state index is 0.224. The summed E-state index contributed by atoms with van der Waals surface area (Å²) in [6.07, 6.45) is 3.80.